The maximum Gasteiger partial charge on any atom is 0.281 e. The molecule has 0 radical (unpaired) electrons. The Hall–Kier alpha value is -3.49. The van der Waals surface area contributed by atoms with Gasteiger partial charge in [0.2, 0.25) is 0 Å². The SMILES string of the molecule is Cc1ccc(CC2CON=C(c3c([S+]([O-])c4cccc(C5CC5)c4F)nnc4ccccc34)N2)c(C)c1. The number of aryl methyl sites for hydroxylation is 2. The lowest BCUT2D eigenvalue weighted by atomic mass is 9.99. The number of oxime groups is 1. The Labute approximate surface area is 218 Å². The quantitative estimate of drug-likeness (QED) is 0.352. The minimum absolute atomic E-state index is 0.0583. The van der Waals surface area contributed by atoms with Crippen molar-refractivity contribution in [1.82, 2.24) is 15.5 Å². The molecule has 1 aromatic heterocycles. The van der Waals surface area contributed by atoms with Crippen molar-refractivity contribution in [2.24, 2.45) is 5.16 Å². The largest absolute Gasteiger partial charge is 0.605 e. The molecule has 6 nitrogen and oxygen atoms in total. The third-order valence-electron chi connectivity index (χ3n) is 7.00. The van der Waals surface area contributed by atoms with Gasteiger partial charge in [0.1, 0.15) is 12.2 Å². The number of hydrogen-bond acceptors (Lipinski definition) is 6. The second-order valence-corrected chi connectivity index (χ2v) is 11.2. The van der Waals surface area contributed by atoms with Crippen molar-refractivity contribution >= 4 is 27.9 Å². The van der Waals surface area contributed by atoms with Gasteiger partial charge in [0.25, 0.3) is 5.03 Å². The van der Waals surface area contributed by atoms with Gasteiger partial charge in [-0.25, -0.2) is 4.39 Å². The van der Waals surface area contributed by atoms with E-state index in [1.54, 1.807) is 18.2 Å². The average Bonchev–Trinajstić information content (AvgIpc) is 3.75. The number of nitrogens with zero attached hydrogens (tertiary/aromatic N) is 3. The van der Waals surface area contributed by atoms with Crippen LogP contribution < -0.4 is 5.32 Å². The second kappa shape index (κ2) is 9.76. The summed E-state index contributed by atoms with van der Waals surface area (Å²) in [5, 5.41) is 17.3. The molecule has 3 aromatic carbocycles. The molecule has 37 heavy (non-hydrogen) atoms. The fourth-order valence-corrected chi connectivity index (χ4v) is 6.10. The van der Waals surface area contributed by atoms with Gasteiger partial charge >= 0.3 is 0 Å². The van der Waals surface area contributed by atoms with Crippen LogP contribution in [0, 0.1) is 19.7 Å². The first-order valence-electron chi connectivity index (χ1n) is 12.5. The molecule has 2 aliphatic rings. The first-order chi connectivity index (χ1) is 18.0. The molecule has 8 heteroatoms. The first-order valence-corrected chi connectivity index (χ1v) is 13.6. The molecule has 1 saturated carbocycles. The van der Waals surface area contributed by atoms with Crippen molar-refractivity contribution in [1.29, 1.82) is 0 Å². The molecule has 188 valence electrons. The third kappa shape index (κ3) is 4.67. The average molecular weight is 515 g/mol. The number of hydrogen-bond donors (Lipinski definition) is 1. The summed E-state index contributed by atoms with van der Waals surface area (Å²) in [6.45, 7) is 4.58. The Morgan fingerprint density at radius 2 is 1.89 bits per heavy atom. The number of benzene rings is 3. The van der Waals surface area contributed by atoms with E-state index in [4.69, 9.17) is 4.84 Å². The van der Waals surface area contributed by atoms with E-state index in [0.29, 0.717) is 29.1 Å². The van der Waals surface area contributed by atoms with Crippen LogP contribution in [0.5, 0.6) is 0 Å². The van der Waals surface area contributed by atoms with Crippen molar-refractivity contribution in [3.8, 4) is 0 Å². The van der Waals surface area contributed by atoms with Gasteiger partial charge < -0.3 is 14.7 Å². The van der Waals surface area contributed by atoms with Gasteiger partial charge in [0.05, 0.1) is 11.6 Å². The van der Waals surface area contributed by atoms with Crippen LogP contribution in [0.15, 0.2) is 75.7 Å². The van der Waals surface area contributed by atoms with E-state index in [0.717, 1.165) is 24.6 Å². The zero-order valence-corrected chi connectivity index (χ0v) is 21.5. The first kappa shape index (κ1) is 23.9. The number of nitrogens with one attached hydrogen (secondary N) is 1. The van der Waals surface area contributed by atoms with Crippen LogP contribution >= 0.6 is 0 Å². The number of rotatable bonds is 6. The molecule has 0 bridgehead atoms. The molecule has 4 aromatic rings. The molecule has 6 rings (SSSR count). The van der Waals surface area contributed by atoms with E-state index in [1.807, 2.05) is 24.3 Å². The van der Waals surface area contributed by atoms with E-state index in [-0.39, 0.29) is 21.9 Å². The van der Waals surface area contributed by atoms with Gasteiger partial charge in [-0.15, -0.1) is 5.10 Å². The van der Waals surface area contributed by atoms with Crippen molar-refractivity contribution in [2.45, 2.75) is 55.0 Å². The van der Waals surface area contributed by atoms with E-state index in [9.17, 15) is 4.55 Å². The number of fused-ring (bicyclic) bond motifs is 1. The fourth-order valence-electron chi connectivity index (χ4n) is 4.90. The second-order valence-electron chi connectivity index (χ2n) is 9.81. The molecular weight excluding hydrogens is 487 g/mol. The Balaban J connectivity index is 1.39. The zero-order valence-electron chi connectivity index (χ0n) is 20.7. The molecule has 1 aliphatic carbocycles. The lowest BCUT2D eigenvalue weighted by molar-refractivity contribution is 0.109. The maximum atomic E-state index is 15.4. The molecular formula is C29H27FN4O2S. The fraction of sp³-hybridized carbons (Fsp3) is 0.276. The molecule has 0 spiro atoms. The minimum Gasteiger partial charge on any atom is -0.605 e. The summed E-state index contributed by atoms with van der Waals surface area (Å²) in [6, 6.07) is 18.9. The normalized spacial score (nSPS) is 18.2. The van der Waals surface area contributed by atoms with Gasteiger partial charge in [-0.2, -0.15) is 0 Å². The van der Waals surface area contributed by atoms with E-state index in [2.05, 4.69) is 52.7 Å². The summed E-state index contributed by atoms with van der Waals surface area (Å²) < 4.78 is 29.3. The van der Waals surface area contributed by atoms with E-state index >= 15 is 4.39 Å². The van der Waals surface area contributed by atoms with Crippen LogP contribution in [-0.4, -0.2) is 33.2 Å². The highest BCUT2D eigenvalue weighted by atomic mass is 32.2. The van der Waals surface area contributed by atoms with Crippen LogP contribution in [0.3, 0.4) is 0 Å². The summed E-state index contributed by atoms with van der Waals surface area (Å²) in [5.41, 5.74) is 5.42. The summed E-state index contributed by atoms with van der Waals surface area (Å²) in [5.74, 6) is 0.198. The molecule has 1 aliphatic heterocycles. The van der Waals surface area contributed by atoms with Crippen LogP contribution in [0.25, 0.3) is 10.9 Å². The number of amidine groups is 1. The van der Waals surface area contributed by atoms with Crippen LogP contribution in [0.4, 0.5) is 4.39 Å². The number of aromatic nitrogens is 2. The summed E-state index contributed by atoms with van der Waals surface area (Å²) >= 11 is -1.91. The maximum absolute atomic E-state index is 15.4. The smallest absolute Gasteiger partial charge is 0.281 e. The molecule has 2 heterocycles. The molecule has 2 atom stereocenters. The van der Waals surface area contributed by atoms with Crippen molar-refractivity contribution in [3.63, 3.8) is 0 Å². The van der Waals surface area contributed by atoms with Crippen LogP contribution in [0.1, 0.15) is 46.6 Å². The molecule has 2 unspecified atom stereocenters. The van der Waals surface area contributed by atoms with Crippen LogP contribution in [0.2, 0.25) is 0 Å². The minimum atomic E-state index is -1.91. The third-order valence-corrected chi connectivity index (χ3v) is 8.35. The zero-order chi connectivity index (χ0) is 25.5. The highest BCUT2D eigenvalue weighted by molar-refractivity contribution is 7.91. The summed E-state index contributed by atoms with van der Waals surface area (Å²) in [6.07, 6.45) is 2.64. The standard InChI is InChI=1S/C29H27FN4O2S/c1-17-10-11-20(18(2)14-17)15-21-16-36-34-28(31-21)26-23-6-3-4-8-24(23)32-33-29(26)37(35)25-9-5-7-22(27(25)30)19-12-13-19/h3-11,14,19,21H,12-13,15-16H2,1-2H3,(H,31,34). The lowest BCUT2D eigenvalue weighted by Gasteiger charge is -2.26. The van der Waals surface area contributed by atoms with Gasteiger partial charge in [-0.1, -0.05) is 64.3 Å². The number of halogens is 1. The Bertz CT molecular complexity index is 1520. The molecule has 0 amide bonds. The van der Waals surface area contributed by atoms with E-state index < -0.39 is 17.0 Å². The Morgan fingerprint density at radius 3 is 2.70 bits per heavy atom. The molecule has 1 fully saturated rings. The monoisotopic (exact) mass is 514 g/mol. The highest BCUT2D eigenvalue weighted by Gasteiger charge is 2.35. The Morgan fingerprint density at radius 1 is 1.05 bits per heavy atom. The van der Waals surface area contributed by atoms with Crippen molar-refractivity contribution in [2.75, 3.05) is 6.61 Å². The van der Waals surface area contributed by atoms with Crippen molar-refractivity contribution < 1.29 is 13.8 Å². The van der Waals surface area contributed by atoms with Crippen molar-refractivity contribution in [3.05, 3.63) is 94.3 Å². The Kier molecular flexibility index (Phi) is 6.30. The summed E-state index contributed by atoms with van der Waals surface area (Å²) in [7, 11) is 0. The predicted octanol–water partition coefficient (Wildman–Crippen LogP) is 5.32. The van der Waals surface area contributed by atoms with Crippen LogP contribution in [-0.2, 0) is 22.4 Å². The van der Waals surface area contributed by atoms with Gasteiger partial charge in [0.15, 0.2) is 16.5 Å². The highest BCUT2D eigenvalue weighted by Crippen LogP contribution is 2.43. The van der Waals surface area contributed by atoms with Gasteiger partial charge in [-0.05, 0) is 67.9 Å². The lowest BCUT2D eigenvalue weighted by Crippen LogP contribution is -2.44. The van der Waals surface area contributed by atoms with Gasteiger partial charge in [0, 0.05) is 16.6 Å². The topological polar surface area (TPSA) is 82.5 Å². The van der Waals surface area contributed by atoms with E-state index in [1.165, 1.54) is 16.7 Å². The molecule has 0 saturated heterocycles. The predicted molar refractivity (Wildman–Crippen MR) is 142 cm³/mol. The molecule has 1 N–H and O–H groups in total. The summed E-state index contributed by atoms with van der Waals surface area (Å²) in [4.78, 5) is 5.77. The van der Waals surface area contributed by atoms with Gasteiger partial charge in [-0.3, -0.25) is 0 Å².